The molecule has 2 fully saturated rings. The van der Waals surface area contributed by atoms with E-state index in [0.717, 1.165) is 64.1 Å². The Labute approximate surface area is 252 Å². The first-order valence-electron chi connectivity index (χ1n) is 15.8. The lowest BCUT2D eigenvalue weighted by molar-refractivity contribution is -0.144. The number of rotatable bonds is 18. The highest BCUT2D eigenvalue weighted by Crippen LogP contribution is 2.36. The monoisotopic (exact) mass is 596 g/mol. The number of hydrogen-bond acceptors (Lipinski definition) is 8. The van der Waals surface area contributed by atoms with Crippen LogP contribution in [0.5, 0.6) is 0 Å². The first kappa shape index (κ1) is 37.5. The maximum atomic E-state index is 12.2. The van der Waals surface area contributed by atoms with Gasteiger partial charge in [0.05, 0.1) is 31.9 Å². The van der Waals surface area contributed by atoms with Crippen molar-refractivity contribution in [1.82, 2.24) is 9.80 Å². The number of aliphatic hydroxyl groups excluding tert-OH is 1. The highest BCUT2D eigenvalue weighted by Gasteiger charge is 2.45. The molecular formula is C32H56N2O8. The molecule has 0 radical (unpaired) electrons. The minimum Gasteiger partial charge on any atom is -0.466 e. The molecule has 0 bridgehead atoms. The van der Waals surface area contributed by atoms with Crippen molar-refractivity contribution in [2.24, 2.45) is 10.8 Å². The summed E-state index contributed by atoms with van der Waals surface area (Å²) in [6.45, 7) is 13.5. The molecule has 0 aromatic carbocycles. The molecule has 2 amide bonds. The number of amides is 2. The first-order valence-corrected chi connectivity index (χ1v) is 15.8. The third-order valence-corrected chi connectivity index (χ3v) is 8.02. The second kappa shape index (κ2) is 18.9. The van der Waals surface area contributed by atoms with Gasteiger partial charge in [-0.2, -0.15) is 0 Å². The molecule has 10 heteroatoms. The van der Waals surface area contributed by atoms with Gasteiger partial charge in [0.25, 0.3) is 0 Å². The molecular weight excluding hydrogens is 540 g/mol. The molecule has 0 aromatic heterocycles. The zero-order valence-corrected chi connectivity index (χ0v) is 27.0. The Morgan fingerprint density at radius 1 is 0.762 bits per heavy atom. The van der Waals surface area contributed by atoms with Gasteiger partial charge in [0.2, 0.25) is 11.8 Å². The van der Waals surface area contributed by atoms with E-state index in [4.69, 9.17) is 9.47 Å². The van der Waals surface area contributed by atoms with E-state index in [1.165, 1.54) is 0 Å². The molecule has 1 N–H and O–H groups in total. The molecule has 2 aliphatic heterocycles. The Balaban J connectivity index is 0.000000420. The highest BCUT2D eigenvalue weighted by atomic mass is 16.5. The summed E-state index contributed by atoms with van der Waals surface area (Å²) in [5.41, 5.74) is -0.771. The minimum absolute atomic E-state index is 0.0352. The Kier molecular flexibility index (Phi) is 16.9. The second-order valence-corrected chi connectivity index (χ2v) is 12.7. The van der Waals surface area contributed by atoms with Crippen LogP contribution in [-0.4, -0.2) is 89.9 Å². The van der Waals surface area contributed by atoms with Crippen LogP contribution in [0, 0.1) is 10.8 Å². The van der Waals surface area contributed by atoms with Crippen LogP contribution >= 0.6 is 0 Å². The van der Waals surface area contributed by atoms with Gasteiger partial charge in [0.1, 0.15) is 6.29 Å². The number of ether oxygens (including phenoxy) is 2. The fraction of sp³-hybridized carbons (Fsp3) is 0.844. The average molecular weight is 597 g/mol. The topological polar surface area (TPSA) is 131 Å². The average Bonchev–Trinajstić information content (AvgIpc) is 3.30. The number of hydrogen-bond donors (Lipinski definition) is 1. The van der Waals surface area contributed by atoms with E-state index in [2.05, 4.69) is 0 Å². The maximum Gasteiger partial charge on any atom is 0.305 e. The lowest BCUT2D eigenvalue weighted by atomic mass is 9.90. The fourth-order valence-corrected chi connectivity index (χ4v) is 5.71. The van der Waals surface area contributed by atoms with Crippen molar-refractivity contribution in [2.45, 2.75) is 131 Å². The molecule has 0 aliphatic carbocycles. The smallest absolute Gasteiger partial charge is 0.305 e. The lowest BCUT2D eigenvalue weighted by Gasteiger charge is -2.23. The van der Waals surface area contributed by atoms with Gasteiger partial charge in [-0.3, -0.25) is 19.2 Å². The van der Waals surface area contributed by atoms with Crippen LogP contribution in [0.25, 0.3) is 0 Å². The summed E-state index contributed by atoms with van der Waals surface area (Å²) in [7, 11) is 0. The van der Waals surface area contributed by atoms with E-state index < -0.39 is 5.41 Å². The molecule has 0 saturated carbocycles. The molecule has 10 nitrogen and oxygen atoms in total. The van der Waals surface area contributed by atoms with E-state index in [-0.39, 0.29) is 47.9 Å². The zero-order valence-electron chi connectivity index (χ0n) is 27.0. The lowest BCUT2D eigenvalue weighted by Crippen LogP contribution is -2.37. The zero-order chi connectivity index (χ0) is 31.8. The van der Waals surface area contributed by atoms with Gasteiger partial charge in [0.15, 0.2) is 0 Å². The normalized spacial score (nSPS) is 20.7. The molecule has 2 heterocycles. The van der Waals surface area contributed by atoms with Crippen molar-refractivity contribution in [2.75, 3.05) is 32.9 Å². The molecule has 2 rings (SSSR count). The van der Waals surface area contributed by atoms with E-state index in [1.807, 2.05) is 39.5 Å². The Morgan fingerprint density at radius 2 is 1.19 bits per heavy atom. The second-order valence-electron chi connectivity index (χ2n) is 12.7. The van der Waals surface area contributed by atoms with Crippen LogP contribution in [0.1, 0.15) is 119 Å². The summed E-state index contributed by atoms with van der Waals surface area (Å²) in [5.74, 6) is -0.0523. The summed E-state index contributed by atoms with van der Waals surface area (Å²) in [6, 6.07) is -0.306. The molecule has 42 heavy (non-hydrogen) atoms. The number of carbonyl (C=O) groups is 5. The molecule has 2 atom stereocenters. The van der Waals surface area contributed by atoms with Gasteiger partial charge in [-0.25, -0.2) is 0 Å². The van der Waals surface area contributed by atoms with Crippen molar-refractivity contribution >= 4 is 30.0 Å². The number of carbonyl (C=O) groups excluding carboxylic acids is 5. The van der Waals surface area contributed by atoms with Gasteiger partial charge < -0.3 is 29.2 Å². The van der Waals surface area contributed by atoms with E-state index >= 15 is 0 Å². The molecule has 242 valence electrons. The van der Waals surface area contributed by atoms with Crippen LogP contribution in [0.15, 0.2) is 0 Å². The summed E-state index contributed by atoms with van der Waals surface area (Å²) in [5, 5.41) is 9.39. The summed E-state index contributed by atoms with van der Waals surface area (Å²) in [4.78, 5) is 61.4. The van der Waals surface area contributed by atoms with Gasteiger partial charge in [-0.1, -0.05) is 53.4 Å². The van der Waals surface area contributed by atoms with E-state index in [9.17, 15) is 29.1 Å². The molecule has 2 saturated heterocycles. The SMILES string of the molecule is CCOC(=O)CCCCCCN1C(=O)C(C)(C)C[C@@H]1C=O.CCOC(=O)CCCCCCN1C(=O)C(C)(C)C[C@@H]1CO. The number of nitrogens with zero attached hydrogens (tertiary/aromatic N) is 2. The van der Waals surface area contributed by atoms with Gasteiger partial charge >= 0.3 is 11.9 Å². The predicted molar refractivity (Wildman–Crippen MR) is 160 cm³/mol. The number of aliphatic hydroxyl groups is 1. The quantitative estimate of drug-likeness (QED) is 0.140. The van der Waals surface area contributed by atoms with Crippen molar-refractivity contribution in [3.8, 4) is 0 Å². The summed E-state index contributed by atoms with van der Waals surface area (Å²) in [6.07, 6.45) is 10.4. The Hall–Kier alpha value is -2.49. The van der Waals surface area contributed by atoms with Crippen LogP contribution < -0.4 is 0 Å². The largest absolute Gasteiger partial charge is 0.466 e. The van der Waals surface area contributed by atoms with Crippen LogP contribution in [0.2, 0.25) is 0 Å². The van der Waals surface area contributed by atoms with Crippen LogP contribution in [0.3, 0.4) is 0 Å². The van der Waals surface area contributed by atoms with E-state index in [0.29, 0.717) is 45.6 Å². The Morgan fingerprint density at radius 3 is 1.64 bits per heavy atom. The van der Waals surface area contributed by atoms with Crippen molar-refractivity contribution in [3.05, 3.63) is 0 Å². The summed E-state index contributed by atoms with van der Waals surface area (Å²) >= 11 is 0. The number of aldehydes is 1. The van der Waals surface area contributed by atoms with Gasteiger partial charge in [0, 0.05) is 36.8 Å². The Bertz CT molecular complexity index is 873. The fourth-order valence-electron chi connectivity index (χ4n) is 5.71. The predicted octanol–water partition coefficient (Wildman–Crippen LogP) is 4.45. The molecule has 2 aliphatic rings. The molecule has 0 unspecified atom stereocenters. The maximum absolute atomic E-state index is 12.2. The first-order chi connectivity index (χ1) is 19.8. The standard InChI is InChI=1S/C16H29NO4.C16H27NO4/c2*1-4-21-14(19)9-7-5-6-8-10-17-13(12-18)11-16(2,3)15(17)20/h13,18H,4-12H2,1-3H3;12-13H,4-11H2,1-3H3/t2*13-/m11/s1. The minimum atomic E-state index is -0.421. The number of esters is 2. The van der Waals surface area contributed by atoms with Gasteiger partial charge in [-0.05, 0) is 52.4 Å². The highest BCUT2D eigenvalue weighted by molar-refractivity contribution is 5.88. The molecule has 0 aromatic rings. The third-order valence-electron chi connectivity index (χ3n) is 8.02. The van der Waals surface area contributed by atoms with E-state index in [1.54, 1.807) is 11.8 Å². The molecule has 0 spiro atoms. The number of unbranched alkanes of at least 4 members (excludes halogenated alkanes) is 6. The van der Waals surface area contributed by atoms with Gasteiger partial charge in [-0.15, -0.1) is 0 Å². The van der Waals surface area contributed by atoms with Crippen molar-refractivity contribution < 1.29 is 38.6 Å². The number of likely N-dealkylation sites (tertiary alicyclic amines) is 2. The third kappa shape index (κ3) is 12.4. The van der Waals surface area contributed by atoms with Crippen LogP contribution in [-0.2, 0) is 33.4 Å². The van der Waals surface area contributed by atoms with Crippen molar-refractivity contribution in [3.63, 3.8) is 0 Å². The van der Waals surface area contributed by atoms with Crippen molar-refractivity contribution in [1.29, 1.82) is 0 Å². The van der Waals surface area contributed by atoms with Crippen LogP contribution in [0.4, 0.5) is 0 Å². The summed E-state index contributed by atoms with van der Waals surface area (Å²) < 4.78 is 9.74.